The molecule has 1 heterocycles. The Morgan fingerprint density at radius 2 is 2.26 bits per heavy atom. The molecule has 0 spiro atoms. The number of rotatable bonds is 5. The summed E-state index contributed by atoms with van der Waals surface area (Å²) < 4.78 is 5.65. The molecule has 0 saturated carbocycles. The first-order valence-corrected chi connectivity index (χ1v) is 7.27. The van der Waals surface area contributed by atoms with Gasteiger partial charge in [-0.2, -0.15) is 0 Å². The number of benzene rings is 1. The third-order valence-electron chi connectivity index (χ3n) is 3.82. The Bertz CT molecular complexity index is 394. The summed E-state index contributed by atoms with van der Waals surface area (Å²) in [5, 5.41) is 10.1. The van der Waals surface area contributed by atoms with E-state index in [0.717, 1.165) is 12.3 Å². The number of hydrogen-bond acceptors (Lipinski definition) is 3. The summed E-state index contributed by atoms with van der Waals surface area (Å²) in [4.78, 5) is 2.37. The normalized spacial score (nSPS) is 22.2. The molecule has 1 N–H and O–H groups in total. The number of piperidine rings is 1. The first-order chi connectivity index (χ1) is 9.15. The van der Waals surface area contributed by atoms with Crippen molar-refractivity contribution in [3.05, 3.63) is 29.8 Å². The van der Waals surface area contributed by atoms with Crippen molar-refractivity contribution in [2.45, 2.75) is 45.3 Å². The molecule has 3 nitrogen and oxygen atoms in total. The third kappa shape index (κ3) is 4.51. The van der Waals surface area contributed by atoms with E-state index in [1.54, 1.807) is 0 Å². The van der Waals surface area contributed by atoms with Crippen LogP contribution in [-0.4, -0.2) is 41.8 Å². The zero-order valence-corrected chi connectivity index (χ0v) is 12.0. The maximum absolute atomic E-state index is 10.1. The number of aryl methyl sites for hydroxylation is 1. The van der Waals surface area contributed by atoms with E-state index in [2.05, 4.69) is 11.8 Å². The molecule has 0 unspecified atom stereocenters. The summed E-state index contributed by atoms with van der Waals surface area (Å²) >= 11 is 0. The zero-order chi connectivity index (χ0) is 13.7. The molecule has 2 rings (SSSR count). The topological polar surface area (TPSA) is 32.7 Å². The molecule has 0 aromatic heterocycles. The third-order valence-corrected chi connectivity index (χ3v) is 3.82. The smallest absolute Gasteiger partial charge is 0.119 e. The van der Waals surface area contributed by atoms with E-state index in [1.165, 1.54) is 24.8 Å². The summed E-state index contributed by atoms with van der Waals surface area (Å²) in [6, 6.07) is 8.53. The van der Waals surface area contributed by atoms with Gasteiger partial charge in [0.1, 0.15) is 18.5 Å². The largest absolute Gasteiger partial charge is 0.491 e. The van der Waals surface area contributed by atoms with Crippen molar-refractivity contribution in [2.24, 2.45) is 0 Å². The van der Waals surface area contributed by atoms with Crippen LogP contribution in [0.3, 0.4) is 0 Å². The molecule has 19 heavy (non-hydrogen) atoms. The van der Waals surface area contributed by atoms with Crippen molar-refractivity contribution < 1.29 is 9.84 Å². The van der Waals surface area contributed by atoms with Gasteiger partial charge in [-0.1, -0.05) is 18.6 Å². The molecule has 0 bridgehead atoms. The van der Waals surface area contributed by atoms with E-state index in [1.807, 2.05) is 31.2 Å². The van der Waals surface area contributed by atoms with E-state index in [9.17, 15) is 5.11 Å². The Balaban J connectivity index is 1.76. The SMILES string of the molecule is Cc1cccc(OC[C@@H](O)CN2CCCC[C@@H]2C)c1. The van der Waals surface area contributed by atoms with Gasteiger partial charge >= 0.3 is 0 Å². The van der Waals surface area contributed by atoms with Crippen molar-refractivity contribution in [1.29, 1.82) is 0 Å². The first-order valence-electron chi connectivity index (χ1n) is 7.27. The monoisotopic (exact) mass is 263 g/mol. The summed E-state index contributed by atoms with van der Waals surface area (Å²) in [6.45, 7) is 6.47. The predicted molar refractivity (Wildman–Crippen MR) is 77.6 cm³/mol. The van der Waals surface area contributed by atoms with Gasteiger partial charge in [-0.25, -0.2) is 0 Å². The van der Waals surface area contributed by atoms with E-state index in [-0.39, 0.29) is 0 Å². The Kier molecular flexibility index (Phi) is 5.23. The number of likely N-dealkylation sites (tertiary alicyclic amines) is 1. The lowest BCUT2D eigenvalue weighted by molar-refractivity contribution is 0.0438. The maximum atomic E-state index is 10.1. The Morgan fingerprint density at radius 3 is 3.00 bits per heavy atom. The van der Waals surface area contributed by atoms with Crippen LogP contribution in [-0.2, 0) is 0 Å². The van der Waals surface area contributed by atoms with Crippen LogP contribution in [0.1, 0.15) is 31.7 Å². The minimum atomic E-state index is -0.416. The van der Waals surface area contributed by atoms with Crippen LogP contribution in [0.4, 0.5) is 0 Å². The summed E-state index contributed by atoms with van der Waals surface area (Å²) in [6.07, 6.45) is 3.38. The van der Waals surface area contributed by atoms with E-state index in [4.69, 9.17) is 4.74 Å². The van der Waals surface area contributed by atoms with Crippen LogP contribution in [0.5, 0.6) is 5.75 Å². The molecule has 1 aromatic carbocycles. The average Bonchev–Trinajstić information content (AvgIpc) is 2.39. The molecule has 3 heteroatoms. The molecular weight excluding hydrogens is 238 g/mol. The number of aliphatic hydroxyl groups excluding tert-OH is 1. The standard InChI is InChI=1S/C16H25NO2/c1-13-6-5-8-16(10-13)19-12-15(18)11-17-9-4-3-7-14(17)2/h5-6,8,10,14-15,18H,3-4,7,9,11-12H2,1-2H3/t14-,15-/m0/s1. The molecule has 1 saturated heterocycles. The molecule has 0 amide bonds. The second-order valence-corrected chi connectivity index (χ2v) is 5.62. The molecule has 1 fully saturated rings. The highest BCUT2D eigenvalue weighted by atomic mass is 16.5. The quantitative estimate of drug-likeness (QED) is 0.886. The molecule has 1 aromatic rings. The Morgan fingerprint density at radius 1 is 1.42 bits per heavy atom. The number of hydrogen-bond donors (Lipinski definition) is 1. The fourth-order valence-electron chi connectivity index (χ4n) is 2.65. The minimum Gasteiger partial charge on any atom is -0.491 e. The fourth-order valence-corrected chi connectivity index (χ4v) is 2.65. The molecule has 0 aliphatic carbocycles. The number of β-amino-alcohol motifs (C(OH)–C–C–N with tert-alkyl or cyclic N) is 1. The van der Waals surface area contributed by atoms with Crippen LogP contribution in [0.2, 0.25) is 0 Å². The Labute approximate surface area is 116 Å². The van der Waals surface area contributed by atoms with Gasteiger partial charge < -0.3 is 9.84 Å². The van der Waals surface area contributed by atoms with Crippen molar-refractivity contribution in [3.8, 4) is 5.75 Å². The second-order valence-electron chi connectivity index (χ2n) is 5.62. The molecule has 0 radical (unpaired) electrons. The van der Waals surface area contributed by atoms with Crippen molar-refractivity contribution >= 4 is 0 Å². The van der Waals surface area contributed by atoms with Gasteiger partial charge in [-0.3, -0.25) is 4.90 Å². The molecule has 1 aliphatic rings. The fraction of sp³-hybridized carbons (Fsp3) is 0.625. The van der Waals surface area contributed by atoms with Gasteiger partial charge in [0.05, 0.1) is 0 Å². The highest BCUT2D eigenvalue weighted by Gasteiger charge is 2.20. The number of nitrogens with zero attached hydrogens (tertiary/aromatic N) is 1. The molecule has 2 atom stereocenters. The highest BCUT2D eigenvalue weighted by molar-refractivity contribution is 5.27. The summed E-state index contributed by atoms with van der Waals surface area (Å²) in [7, 11) is 0. The van der Waals surface area contributed by atoms with E-state index >= 15 is 0 Å². The highest BCUT2D eigenvalue weighted by Crippen LogP contribution is 2.17. The minimum absolute atomic E-state index is 0.368. The number of aliphatic hydroxyl groups is 1. The van der Waals surface area contributed by atoms with Gasteiger partial charge in [0, 0.05) is 12.6 Å². The van der Waals surface area contributed by atoms with Gasteiger partial charge in [0.15, 0.2) is 0 Å². The van der Waals surface area contributed by atoms with Gasteiger partial charge in [-0.15, -0.1) is 0 Å². The predicted octanol–water partition coefficient (Wildman–Crippen LogP) is 2.61. The van der Waals surface area contributed by atoms with Gasteiger partial charge in [-0.05, 0) is 50.9 Å². The average molecular weight is 263 g/mol. The first kappa shape index (κ1) is 14.4. The Hall–Kier alpha value is -1.06. The van der Waals surface area contributed by atoms with Crippen LogP contribution in [0.15, 0.2) is 24.3 Å². The molecular formula is C16H25NO2. The van der Waals surface area contributed by atoms with Crippen LogP contribution < -0.4 is 4.74 Å². The van der Waals surface area contributed by atoms with Crippen LogP contribution in [0, 0.1) is 6.92 Å². The summed E-state index contributed by atoms with van der Waals surface area (Å²) in [5.74, 6) is 0.839. The lowest BCUT2D eigenvalue weighted by Crippen LogP contribution is -2.43. The second kappa shape index (κ2) is 6.92. The van der Waals surface area contributed by atoms with Crippen LogP contribution >= 0.6 is 0 Å². The van der Waals surface area contributed by atoms with Gasteiger partial charge in [0.2, 0.25) is 0 Å². The van der Waals surface area contributed by atoms with Crippen LogP contribution in [0.25, 0.3) is 0 Å². The van der Waals surface area contributed by atoms with E-state index < -0.39 is 6.10 Å². The van der Waals surface area contributed by atoms with Crippen molar-refractivity contribution in [3.63, 3.8) is 0 Å². The molecule has 1 aliphatic heterocycles. The zero-order valence-electron chi connectivity index (χ0n) is 12.0. The lowest BCUT2D eigenvalue weighted by atomic mass is 10.0. The van der Waals surface area contributed by atoms with Crippen molar-refractivity contribution in [2.75, 3.05) is 19.7 Å². The lowest BCUT2D eigenvalue weighted by Gasteiger charge is -2.34. The molecule has 106 valence electrons. The maximum Gasteiger partial charge on any atom is 0.119 e. The summed E-state index contributed by atoms with van der Waals surface area (Å²) in [5.41, 5.74) is 1.18. The van der Waals surface area contributed by atoms with Crippen molar-refractivity contribution in [1.82, 2.24) is 4.90 Å². The van der Waals surface area contributed by atoms with E-state index in [0.29, 0.717) is 19.2 Å². The number of ether oxygens (including phenoxy) is 1. The van der Waals surface area contributed by atoms with Gasteiger partial charge in [0.25, 0.3) is 0 Å².